The van der Waals surface area contributed by atoms with Crippen LogP contribution in [0, 0.1) is 6.92 Å². The van der Waals surface area contributed by atoms with Gasteiger partial charge in [0.25, 0.3) is 0 Å². The van der Waals surface area contributed by atoms with E-state index >= 15 is 0 Å². The minimum atomic E-state index is 0.126. The third-order valence-corrected chi connectivity index (χ3v) is 6.27. The third-order valence-electron chi connectivity index (χ3n) is 6.27. The molecule has 0 amide bonds. The van der Waals surface area contributed by atoms with Crippen LogP contribution in [0.5, 0.6) is 11.5 Å². The van der Waals surface area contributed by atoms with Crippen molar-refractivity contribution in [2.45, 2.75) is 59.0 Å². The molecule has 0 aliphatic carbocycles. The summed E-state index contributed by atoms with van der Waals surface area (Å²) in [4.78, 5) is 0. The number of aromatic hydroxyl groups is 2. The second kappa shape index (κ2) is 7.55. The fourth-order valence-corrected chi connectivity index (χ4v) is 4.45. The maximum Gasteiger partial charge on any atom is 0.127 e. The molecule has 2 aromatic carbocycles. The predicted octanol–water partition coefficient (Wildman–Crippen LogP) is 5.59. The highest BCUT2D eigenvalue weighted by molar-refractivity contribution is 5.76. The summed E-state index contributed by atoms with van der Waals surface area (Å²) < 4.78 is 1.10. The number of likely N-dealkylation sites (tertiary alicyclic amines) is 1. The van der Waals surface area contributed by atoms with Crippen LogP contribution < -0.4 is 0 Å². The van der Waals surface area contributed by atoms with Gasteiger partial charge in [-0.2, -0.15) is 0 Å². The van der Waals surface area contributed by atoms with Crippen LogP contribution in [0.3, 0.4) is 0 Å². The molecule has 0 spiro atoms. The van der Waals surface area contributed by atoms with Crippen molar-refractivity contribution in [2.75, 3.05) is 13.1 Å². The molecule has 1 saturated heterocycles. The number of nitrogens with zero attached hydrogens (tertiary/aromatic N) is 1. The van der Waals surface area contributed by atoms with Crippen molar-refractivity contribution in [1.82, 2.24) is 0 Å². The summed E-state index contributed by atoms with van der Waals surface area (Å²) in [5.74, 6) is 0.466. The smallest absolute Gasteiger partial charge is 0.127 e. The van der Waals surface area contributed by atoms with Crippen molar-refractivity contribution in [3.63, 3.8) is 0 Å². The van der Waals surface area contributed by atoms with Crippen molar-refractivity contribution in [2.24, 2.45) is 0 Å². The van der Waals surface area contributed by atoms with E-state index in [1.807, 2.05) is 6.07 Å². The molecule has 27 heavy (non-hydrogen) atoms. The molecule has 0 aromatic heterocycles. The van der Waals surface area contributed by atoms with Crippen molar-refractivity contribution in [1.29, 1.82) is 0 Å². The number of benzene rings is 2. The van der Waals surface area contributed by atoms with E-state index in [4.69, 9.17) is 0 Å². The Labute approximate surface area is 163 Å². The van der Waals surface area contributed by atoms with E-state index in [0.717, 1.165) is 33.3 Å². The van der Waals surface area contributed by atoms with E-state index in [2.05, 4.69) is 52.8 Å². The van der Waals surface area contributed by atoms with Gasteiger partial charge in [-0.3, -0.25) is 0 Å². The zero-order valence-electron chi connectivity index (χ0n) is 17.1. The summed E-state index contributed by atoms with van der Waals surface area (Å²) in [6, 6.07) is 10.3. The maximum absolute atomic E-state index is 10.6. The number of quaternary nitrogens is 1. The summed E-state index contributed by atoms with van der Waals surface area (Å²) in [5.41, 5.74) is 4.86. The SMILES string of the molecule is [CH2]c1ccc(C[N+]2(C(C)C)CCCC2)c(-c2cc(C(C)C)c(O)cc2O)c1. The summed E-state index contributed by atoms with van der Waals surface area (Å²) in [7, 11) is 0. The van der Waals surface area contributed by atoms with Gasteiger partial charge in [0.2, 0.25) is 0 Å². The van der Waals surface area contributed by atoms with Gasteiger partial charge >= 0.3 is 0 Å². The van der Waals surface area contributed by atoms with E-state index in [-0.39, 0.29) is 17.4 Å². The second-order valence-corrected chi connectivity index (χ2v) is 8.70. The largest absolute Gasteiger partial charge is 0.508 e. The maximum atomic E-state index is 10.6. The van der Waals surface area contributed by atoms with Crippen LogP contribution in [0.15, 0.2) is 30.3 Å². The highest BCUT2D eigenvalue weighted by Gasteiger charge is 2.36. The molecule has 0 bridgehead atoms. The Morgan fingerprint density at radius 2 is 1.59 bits per heavy atom. The fraction of sp³-hybridized carbons (Fsp3) is 0.458. The Morgan fingerprint density at radius 3 is 2.19 bits per heavy atom. The molecule has 1 aliphatic rings. The topological polar surface area (TPSA) is 40.5 Å². The van der Waals surface area contributed by atoms with Gasteiger partial charge in [-0.1, -0.05) is 32.0 Å². The Kier molecular flexibility index (Phi) is 5.53. The number of hydrogen-bond acceptors (Lipinski definition) is 2. The molecular weight excluding hydrogens is 334 g/mol. The third kappa shape index (κ3) is 3.84. The number of phenolic OH excluding ortho intramolecular Hbond substituents is 2. The molecule has 1 aliphatic heterocycles. The first kappa shape index (κ1) is 19.8. The molecule has 3 heteroatoms. The summed E-state index contributed by atoms with van der Waals surface area (Å²) in [6.07, 6.45) is 2.56. The lowest BCUT2D eigenvalue weighted by molar-refractivity contribution is -0.949. The molecule has 0 unspecified atom stereocenters. The van der Waals surface area contributed by atoms with Crippen LogP contribution in [-0.4, -0.2) is 33.8 Å². The van der Waals surface area contributed by atoms with Crippen LogP contribution in [0.25, 0.3) is 11.1 Å². The van der Waals surface area contributed by atoms with E-state index < -0.39 is 0 Å². The normalized spacial score (nSPS) is 16.4. The van der Waals surface area contributed by atoms with Gasteiger partial charge < -0.3 is 14.7 Å². The highest BCUT2D eigenvalue weighted by atomic mass is 16.3. The monoisotopic (exact) mass is 367 g/mol. The molecule has 0 saturated carbocycles. The first-order valence-corrected chi connectivity index (χ1v) is 10.1. The molecule has 3 rings (SSSR count). The van der Waals surface area contributed by atoms with Crippen LogP contribution in [0.4, 0.5) is 0 Å². The summed E-state index contributed by atoms with van der Waals surface area (Å²) >= 11 is 0. The Bertz CT molecular complexity index is 817. The van der Waals surface area contributed by atoms with E-state index in [1.165, 1.54) is 37.6 Å². The summed E-state index contributed by atoms with van der Waals surface area (Å²) in [6.45, 7) is 16.2. The standard InChI is InChI=1S/C24H32NO2/c1-16(2)20-13-22(24(27)14-23(20)26)21-12-18(5)8-9-19(21)15-25(17(3)4)10-6-7-11-25/h8-9,12-14,16-17H,5-7,10-11,15H2,1-4H3,(H-,26,27)/p+1. The van der Waals surface area contributed by atoms with Crippen LogP contribution in [-0.2, 0) is 6.54 Å². The minimum Gasteiger partial charge on any atom is -0.508 e. The van der Waals surface area contributed by atoms with Gasteiger partial charge in [0.1, 0.15) is 18.0 Å². The lowest BCUT2D eigenvalue weighted by Crippen LogP contribution is -2.49. The van der Waals surface area contributed by atoms with Gasteiger partial charge in [-0.05, 0) is 49.4 Å². The molecule has 3 nitrogen and oxygen atoms in total. The molecule has 0 atom stereocenters. The van der Waals surface area contributed by atoms with Crippen molar-refractivity contribution in [3.05, 3.63) is 53.9 Å². The van der Waals surface area contributed by atoms with E-state index in [1.54, 1.807) is 0 Å². The Hall–Kier alpha value is -2.00. The zero-order valence-corrected chi connectivity index (χ0v) is 17.1. The minimum absolute atomic E-state index is 0.126. The summed E-state index contributed by atoms with van der Waals surface area (Å²) in [5, 5.41) is 20.8. The second-order valence-electron chi connectivity index (χ2n) is 8.70. The fourth-order valence-electron chi connectivity index (χ4n) is 4.45. The molecule has 2 N–H and O–H groups in total. The van der Waals surface area contributed by atoms with Gasteiger partial charge in [0.15, 0.2) is 0 Å². The van der Waals surface area contributed by atoms with Crippen molar-refractivity contribution in [3.8, 4) is 22.6 Å². The first-order chi connectivity index (χ1) is 12.7. The molecule has 1 fully saturated rings. The van der Waals surface area contributed by atoms with Crippen LogP contribution in [0.1, 0.15) is 63.1 Å². The van der Waals surface area contributed by atoms with E-state index in [0.29, 0.717) is 6.04 Å². The van der Waals surface area contributed by atoms with Gasteiger partial charge in [-0.15, -0.1) is 0 Å². The molecule has 2 aromatic rings. The van der Waals surface area contributed by atoms with Crippen molar-refractivity contribution >= 4 is 0 Å². The van der Waals surface area contributed by atoms with Gasteiger partial charge in [0, 0.05) is 30.0 Å². The highest BCUT2D eigenvalue weighted by Crippen LogP contribution is 2.40. The number of hydrogen-bond donors (Lipinski definition) is 2. The Morgan fingerprint density at radius 1 is 0.926 bits per heavy atom. The molecule has 145 valence electrons. The zero-order chi connectivity index (χ0) is 19.8. The van der Waals surface area contributed by atoms with Gasteiger partial charge in [-0.25, -0.2) is 0 Å². The first-order valence-electron chi connectivity index (χ1n) is 10.1. The number of phenols is 2. The lowest BCUT2D eigenvalue weighted by Gasteiger charge is -2.39. The Balaban J connectivity index is 2.12. The quantitative estimate of drug-likeness (QED) is 0.676. The average Bonchev–Trinajstić information content (AvgIpc) is 3.06. The lowest BCUT2D eigenvalue weighted by atomic mass is 9.91. The molecular formula is C24H33NO2+. The average molecular weight is 368 g/mol. The van der Waals surface area contributed by atoms with Gasteiger partial charge in [0.05, 0.1) is 19.1 Å². The van der Waals surface area contributed by atoms with Crippen molar-refractivity contribution < 1.29 is 14.7 Å². The van der Waals surface area contributed by atoms with Crippen LogP contribution >= 0.6 is 0 Å². The van der Waals surface area contributed by atoms with E-state index in [9.17, 15) is 10.2 Å². The number of rotatable bonds is 5. The van der Waals surface area contributed by atoms with Crippen LogP contribution in [0.2, 0.25) is 0 Å². The predicted molar refractivity (Wildman–Crippen MR) is 112 cm³/mol. The molecule has 1 radical (unpaired) electrons. The molecule has 1 heterocycles.